The van der Waals surface area contributed by atoms with Gasteiger partial charge in [-0.25, -0.2) is 0 Å². The van der Waals surface area contributed by atoms with Gasteiger partial charge in [-0.05, 0) is 29.3 Å². The van der Waals surface area contributed by atoms with Crippen LogP contribution in [-0.4, -0.2) is 10.8 Å². The first-order valence-corrected chi connectivity index (χ1v) is 10.3. The Bertz CT molecular complexity index is 1130. The average molecular weight is 470 g/mol. The minimum atomic E-state index is -4.67. The zero-order valence-electron chi connectivity index (χ0n) is 17.3. The van der Waals surface area contributed by atoms with Crippen LogP contribution in [0.3, 0.4) is 0 Å². The molecule has 0 atom stereocenters. The maximum Gasteiger partial charge on any atom is 0.417 e. The second-order valence-electron chi connectivity index (χ2n) is 7.18. The fourth-order valence-corrected chi connectivity index (χ4v) is 3.35. The fourth-order valence-electron chi connectivity index (χ4n) is 3.12. The van der Waals surface area contributed by atoms with Gasteiger partial charge in [0.2, 0.25) is 0 Å². The van der Waals surface area contributed by atoms with Crippen molar-refractivity contribution >= 4 is 23.2 Å². The molecule has 0 spiro atoms. The van der Waals surface area contributed by atoms with Gasteiger partial charge in [-0.3, -0.25) is 4.79 Å². The molecule has 8 heteroatoms. The number of anilines is 1. The van der Waals surface area contributed by atoms with E-state index < -0.39 is 22.7 Å². The van der Waals surface area contributed by atoms with Crippen molar-refractivity contribution in [2.45, 2.75) is 19.3 Å². The van der Waals surface area contributed by atoms with Crippen LogP contribution < -0.4 is 5.32 Å². The topological polar surface area (TPSA) is 56.1 Å². The van der Waals surface area contributed by atoms with E-state index in [1.165, 1.54) is 12.3 Å². The van der Waals surface area contributed by atoms with Gasteiger partial charge >= 0.3 is 6.18 Å². The van der Waals surface area contributed by atoms with Gasteiger partial charge in [-0.1, -0.05) is 72.3 Å². The number of carbonyl (C=O) groups excluding carboxylic acids is 1. The first kappa shape index (κ1) is 23.9. The molecule has 1 N–H and O–H groups in total. The summed E-state index contributed by atoms with van der Waals surface area (Å²) in [6.45, 7) is 0.848. The number of carbonyl (C=O) groups is 1. The zero-order valence-corrected chi connectivity index (χ0v) is 18.1. The summed E-state index contributed by atoms with van der Waals surface area (Å²) < 4.78 is 39.3. The van der Waals surface area contributed by atoms with Crippen LogP contribution in [0.2, 0.25) is 5.02 Å². The Hall–Kier alpha value is -3.76. The van der Waals surface area contributed by atoms with Crippen LogP contribution in [0.15, 0.2) is 90.6 Å². The molecule has 4 nitrogen and oxygen atoms in total. The van der Waals surface area contributed by atoms with Crippen LogP contribution in [0.5, 0.6) is 0 Å². The number of alkyl halides is 3. The van der Waals surface area contributed by atoms with Gasteiger partial charge in [0.15, 0.2) is 0 Å². The molecule has 0 aromatic heterocycles. The van der Waals surface area contributed by atoms with E-state index in [4.69, 9.17) is 11.6 Å². The lowest BCUT2D eigenvalue weighted by Gasteiger charge is -2.21. The fraction of sp³-hybridized carbons (Fsp3) is 0.120. The smallest absolute Gasteiger partial charge is 0.367 e. The third kappa shape index (κ3) is 6.86. The van der Waals surface area contributed by atoms with Crippen molar-refractivity contribution in [1.29, 1.82) is 5.26 Å². The number of nitrogens with zero attached hydrogens (tertiary/aromatic N) is 2. The van der Waals surface area contributed by atoms with Crippen molar-refractivity contribution in [2.75, 3.05) is 5.32 Å². The largest absolute Gasteiger partial charge is 0.417 e. The van der Waals surface area contributed by atoms with Crippen LogP contribution >= 0.6 is 11.6 Å². The van der Waals surface area contributed by atoms with E-state index >= 15 is 0 Å². The predicted molar refractivity (Wildman–Crippen MR) is 121 cm³/mol. The van der Waals surface area contributed by atoms with Crippen molar-refractivity contribution in [3.8, 4) is 6.07 Å². The van der Waals surface area contributed by atoms with Crippen LogP contribution in [-0.2, 0) is 24.1 Å². The van der Waals surface area contributed by atoms with Crippen LogP contribution in [0.4, 0.5) is 18.9 Å². The highest BCUT2D eigenvalue weighted by Crippen LogP contribution is 2.36. The molecular formula is C25H19ClF3N3O. The zero-order chi connectivity index (χ0) is 23.8. The molecule has 0 aliphatic carbocycles. The Labute approximate surface area is 194 Å². The second kappa shape index (κ2) is 10.7. The predicted octanol–water partition coefficient (Wildman–Crippen LogP) is 6.41. The summed E-state index contributed by atoms with van der Waals surface area (Å²) >= 11 is 5.63. The van der Waals surface area contributed by atoms with Gasteiger partial charge in [0, 0.05) is 25.0 Å². The number of nitrogens with one attached hydrogen (secondary N) is 1. The van der Waals surface area contributed by atoms with Gasteiger partial charge in [-0.2, -0.15) is 18.4 Å². The molecule has 0 unspecified atom stereocenters. The van der Waals surface area contributed by atoms with Gasteiger partial charge in [0.1, 0.15) is 11.6 Å². The number of amides is 1. The first-order chi connectivity index (χ1) is 15.8. The third-order valence-corrected chi connectivity index (χ3v) is 4.99. The Morgan fingerprint density at radius 1 is 0.970 bits per heavy atom. The standard InChI is InChI=1S/C25H19ClF3N3O/c26-23-12-11-21(13-22(23)25(27,28)29)31-24(33)20(14-30)17-32(15-18-7-3-1-4-8-18)16-19-9-5-2-6-10-19/h1-13,17H,15-16H2,(H,31,33)/b20-17-. The highest BCUT2D eigenvalue weighted by molar-refractivity contribution is 6.31. The maximum atomic E-state index is 13.1. The summed E-state index contributed by atoms with van der Waals surface area (Å²) in [6, 6.07) is 23.9. The SMILES string of the molecule is N#C/C(=C/N(Cc1ccccc1)Cc1ccccc1)C(=O)Nc1ccc(Cl)c(C(F)(F)F)c1. The normalized spacial score (nSPS) is 11.5. The van der Waals surface area contributed by atoms with Gasteiger partial charge in [-0.15, -0.1) is 0 Å². The van der Waals surface area contributed by atoms with Crippen molar-refractivity contribution in [2.24, 2.45) is 0 Å². The maximum absolute atomic E-state index is 13.1. The molecule has 0 saturated carbocycles. The molecule has 1 amide bonds. The van der Waals surface area contributed by atoms with E-state index in [0.717, 1.165) is 23.3 Å². The lowest BCUT2D eigenvalue weighted by atomic mass is 10.1. The number of rotatable bonds is 7. The molecule has 3 aromatic carbocycles. The summed E-state index contributed by atoms with van der Waals surface area (Å²) in [5.41, 5.74) is 0.505. The van der Waals surface area contributed by atoms with Crippen molar-refractivity contribution in [1.82, 2.24) is 4.90 Å². The molecule has 168 valence electrons. The third-order valence-electron chi connectivity index (χ3n) is 4.66. The van der Waals surface area contributed by atoms with Crippen LogP contribution in [0, 0.1) is 11.3 Å². The van der Waals surface area contributed by atoms with Crippen molar-refractivity contribution in [3.05, 3.63) is 112 Å². The summed E-state index contributed by atoms with van der Waals surface area (Å²) in [5.74, 6) is -0.820. The average Bonchev–Trinajstić information content (AvgIpc) is 2.79. The van der Waals surface area contributed by atoms with E-state index in [1.807, 2.05) is 66.7 Å². The molecular weight excluding hydrogens is 451 g/mol. The molecule has 3 rings (SSSR count). The van der Waals surface area contributed by atoms with Gasteiger partial charge in [0.25, 0.3) is 5.91 Å². The second-order valence-corrected chi connectivity index (χ2v) is 7.58. The monoisotopic (exact) mass is 469 g/mol. The summed E-state index contributed by atoms with van der Waals surface area (Å²) in [6.07, 6.45) is -3.26. The van der Waals surface area contributed by atoms with E-state index in [0.29, 0.717) is 13.1 Å². The molecule has 0 bridgehead atoms. The molecule has 0 heterocycles. The van der Waals surface area contributed by atoms with Gasteiger partial charge in [0.05, 0.1) is 10.6 Å². The Kier molecular flexibility index (Phi) is 7.75. The number of halogens is 4. The number of hydrogen-bond donors (Lipinski definition) is 1. The number of hydrogen-bond acceptors (Lipinski definition) is 3. The van der Waals surface area contributed by atoms with E-state index in [2.05, 4.69) is 5.32 Å². The van der Waals surface area contributed by atoms with Crippen LogP contribution in [0.1, 0.15) is 16.7 Å². The molecule has 3 aromatic rings. The van der Waals surface area contributed by atoms with E-state index in [9.17, 15) is 23.2 Å². The molecule has 0 fully saturated rings. The molecule has 0 radical (unpaired) electrons. The quantitative estimate of drug-likeness (QED) is 0.321. The van der Waals surface area contributed by atoms with Gasteiger partial charge < -0.3 is 10.2 Å². The summed E-state index contributed by atoms with van der Waals surface area (Å²) in [5, 5.41) is 11.4. The lowest BCUT2D eigenvalue weighted by Crippen LogP contribution is -2.21. The Morgan fingerprint density at radius 2 is 1.52 bits per heavy atom. The molecule has 0 aliphatic heterocycles. The minimum absolute atomic E-state index is 0.115. The molecule has 0 saturated heterocycles. The Morgan fingerprint density at radius 3 is 2.00 bits per heavy atom. The highest BCUT2D eigenvalue weighted by Gasteiger charge is 2.33. The first-order valence-electron chi connectivity index (χ1n) is 9.88. The minimum Gasteiger partial charge on any atom is -0.367 e. The summed E-state index contributed by atoms with van der Waals surface area (Å²) in [7, 11) is 0. The van der Waals surface area contributed by atoms with Crippen molar-refractivity contribution < 1.29 is 18.0 Å². The van der Waals surface area contributed by atoms with Crippen LogP contribution in [0.25, 0.3) is 0 Å². The Balaban J connectivity index is 1.85. The highest BCUT2D eigenvalue weighted by atomic mass is 35.5. The van der Waals surface area contributed by atoms with E-state index in [1.54, 1.807) is 4.90 Å². The molecule has 0 aliphatic rings. The van der Waals surface area contributed by atoms with E-state index in [-0.39, 0.29) is 11.3 Å². The number of nitriles is 1. The lowest BCUT2D eigenvalue weighted by molar-refractivity contribution is -0.137. The summed E-state index contributed by atoms with van der Waals surface area (Å²) in [4.78, 5) is 14.5. The molecule has 33 heavy (non-hydrogen) atoms. The number of benzene rings is 3. The van der Waals surface area contributed by atoms with Crippen molar-refractivity contribution in [3.63, 3.8) is 0 Å².